The lowest BCUT2D eigenvalue weighted by Crippen LogP contribution is -2.38. The fourth-order valence-corrected chi connectivity index (χ4v) is 3.81. The summed E-state index contributed by atoms with van der Waals surface area (Å²) in [6, 6.07) is 7.53. The van der Waals surface area contributed by atoms with Gasteiger partial charge in [0.2, 0.25) is 16.1 Å². The van der Waals surface area contributed by atoms with E-state index in [1.807, 2.05) is 12.1 Å². The molecule has 0 aromatic heterocycles. The highest BCUT2D eigenvalue weighted by Crippen LogP contribution is 2.33. The van der Waals surface area contributed by atoms with Gasteiger partial charge in [0.05, 0.1) is 26.6 Å². The molecule has 0 bridgehead atoms. The highest BCUT2D eigenvalue weighted by molar-refractivity contribution is 7.80. The Bertz CT molecular complexity index is 728. The molecule has 6 nitrogen and oxygen atoms in total. The predicted molar refractivity (Wildman–Crippen MR) is 96.1 cm³/mol. The van der Waals surface area contributed by atoms with E-state index in [0.717, 1.165) is 25.0 Å². The maximum absolute atomic E-state index is 13.1. The molecular weight excluding hydrogens is 359 g/mol. The Morgan fingerprint density at radius 3 is 2.23 bits per heavy atom. The Labute approximate surface area is 155 Å². The zero-order chi connectivity index (χ0) is 19.3. The van der Waals surface area contributed by atoms with Crippen LogP contribution in [0.2, 0.25) is 0 Å². The predicted octanol–water partition coefficient (Wildman–Crippen LogP) is 2.55. The summed E-state index contributed by atoms with van der Waals surface area (Å²) in [4.78, 5) is 0. The smallest absolute Gasteiger partial charge is 0.217 e. The Kier molecular flexibility index (Phi) is 7.14. The summed E-state index contributed by atoms with van der Waals surface area (Å²) in [6.45, 7) is 0. The molecule has 0 amide bonds. The zero-order valence-corrected chi connectivity index (χ0v) is 16.3. The first-order valence-electron chi connectivity index (χ1n) is 8.82. The number of nitrogens with zero attached hydrogens (tertiary/aromatic N) is 2. The molecule has 3 rings (SSSR count). The van der Waals surface area contributed by atoms with E-state index in [4.69, 9.17) is 0 Å². The molecule has 26 heavy (non-hydrogen) atoms. The van der Waals surface area contributed by atoms with Crippen LogP contribution in [0.5, 0.6) is 0 Å². The van der Waals surface area contributed by atoms with Gasteiger partial charge >= 0.3 is 0 Å². The third-order valence-electron chi connectivity index (χ3n) is 5.32. The molecule has 146 valence electrons. The van der Waals surface area contributed by atoms with Gasteiger partial charge in [-0.2, -0.15) is 5.01 Å². The van der Waals surface area contributed by atoms with Crippen LogP contribution in [0.25, 0.3) is 0 Å². The molecule has 1 heterocycles. The molecule has 0 N–H and O–H groups in total. The van der Waals surface area contributed by atoms with E-state index in [9.17, 15) is 17.4 Å². The quantitative estimate of drug-likeness (QED) is 0.453. The van der Waals surface area contributed by atoms with Gasteiger partial charge in [0.1, 0.15) is 5.82 Å². The second-order valence-electron chi connectivity index (χ2n) is 6.80. The van der Waals surface area contributed by atoms with Crippen LogP contribution in [0, 0.1) is 11.7 Å². The van der Waals surface area contributed by atoms with Crippen molar-refractivity contribution in [3.63, 3.8) is 0 Å². The highest BCUT2D eigenvalue weighted by atomic mass is 32.3. The maximum Gasteiger partial charge on any atom is 0.217 e. The molecule has 1 saturated carbocycles. The molecule has 8 heteroatoms. The van der Waals surface area contributed by atoms with E-state index in [2.05, 4.69) is 28.0 Å². The molecule has 1 aromatic carbocycles. The molecule has 1 aliphatic carbocycles. The number of rotatable bonds is 3. The van der Waals surface area contributed by atoms with Gasteiger partial charge in [-0.3, -0.25) is 4.18 Å². The molecule has 0 radical (unpaired) electrons. The molecule has 1 fully saturated rings. The topological polar surface area (TPSA) is 72.7 Å². The van der Waals surface area contributed by atoms with Gasteiger partial charge in [0.25, 0.3) is 0 Å². The minimum Gasteiger partial charge on any atom is -0.726 e. The van der Waals surface area contributed by atoms with E-state index in [1.165, 1.54) is 37.8 Å². The summed E-state index contributed by atoms with van der Waals surface area (Å²) >= 11 is 0. The Balaban J connectivity index is 0.000000352. The van der Waals surface area contributed by atoms with Crippen LogP contribution in [-0.4, -0.2) is 55.6 Å². The number of halogens is 1. The second kappa shape index (κ2) is 8.92. The second-order valence-corrected chi connectivity index (χ2v) is 7.95. The van der Waals surface area contributed by atoms with Crippen LogP contribution in [0.1, 0.15) is 44.1 Å². The molecule has 1 aromatic rings. The van der Waals surface area contributed by atoms with Crippen LogP contribution >= 0.6 is 0 Å². The van der Waals surface area contributed by atoms with Crippen molar-refractivity contribution in [3.05, 3.63) is 35.6 Å². The monoisotopic (exact) mass is 386 g/mol. The number of benzene rings is 1. The fourth-order valence-electron chi connectivity index (χ4n) is 3.81. The zero-order valence-electron chi connectivity index (χ0n) is 15.5. The van der Waals surface area contributed by atoms with Gasteiger partial charge in [-0.15, -0.1) is 4.68 Å². The lowest BCUT2D eigenvalue weighted by molar-refractivity contribution is -0.660. The van der Waals surface area contributed by atoms with Gasteiger partial charge in [-0.1, -0.05) is 19.3 Å². The van der Waals surface area contributed by atoms with Gasteiger partial charge < -0.3 is 4.55 Å². The molecule has 0 spiro atoms. The first kappa shape index (κ1) is 20.8. The third-order valence-corrected chi connectivity index (χ3v) is 5.73. The largest absolute Gasteiger partial charge is 0.726 e. The van der Waals surface area contributed by atoms with E-state index in [0.29, 0.717) is 6.04 Å². The van der Waals surface area contributed by atoms with Gasteiger partial charge in [0, 0.05) is 5.56 Å². The lowest BCUT2D eigenvalue weighted by Gasteiger charge is -2.29. The van der Waals surface area contributed by atoms with E-state index < -0.39 is 10.4 Å². The first-order valence-corrected chi connectivity index (χ1v) is 10.2. The average molecular weight is 386 g/mol. The number of hydrazone groups is 1. The highest BCUT2D eigenvalue weighted by Gasteiger charge is 2.40. The molecule has 0 saturated heterocycles. The van der Waals surface area contributed by atoms with Crippen molar-refractivity contribution in [3.8, 4) is 0 Å². The standard InChI is InChI=1S/C17H24FN2.CH4O4S/c1-19-16(13-6-4-3-5-7-13)12-17(20(19)2)14-8-10-15(18)11-9-14;1-5-6(2,3)4/h8-11,13,16H,3-7,12H2,1-2H3;1H3,(H,2,3,4)/q+1;/p-1. The summed E-state index contributed by atoms with van der Waals surface area (Å²) in [5.41, 5.74) is 2.47. The van der Waals surface area contributed by atoms with Gasteiger partial charge in [-0.25, -0.2) is 12.8 Å². The summed E-state index contributed by atoms with van der Waals surface area (Å²) in [5.74, 6) is 0.654. The van der Waals surface area contributed by atoms with Crippen molar-refractivity contribution in [1.82, 2.24) is 5.01 Å². The number of hydrogen-bond acceptors (Lipinski definition) is 5. The Morgan fingerprint density at radius 1 is 1.19 bits per heavy atom. The summed E-state index contributed by atoms with van der Waals surface area (Å²) < 4.78 is 46.4. The summed E-state index contributed by atoms with van der Waals surface area (Å²) in [7, 11) is 0.713. The van der Waals surface area contributed by atoms with Crippen molar-refractivity contribution in [2.75, 3.05) is 21.2 Å². The number of hydrazine groups is 1. The van der Waals surface area contributed by atoms with E-state index in [1.54, 1.807) is 12.1 Å². The minimum atomic E-state index is -4.41. The van der Waals surface area contributed by atoms with Gasteiger partial charge in [-0.05, 0) is 43.0 Å². The van der Waals surface area contributed by atoms with Crippen LogP contribution < -0.4 is 0 Å². The summed E-state index contributed by atoms with van der Waals surface area (Å²) in [5, 5.41) is 2.38. The van der Waals surface area contributed by atoms with E-state index in [-0.39, 0.29) is 5.82 Å². The SMILES string of the molecule is CN1C(C2CCCCC2)CC(c2ccc(F)cc2)=[N+]1C.COS(=O)(=O)[O-]. The first-order chi connectivity index (χ1) is 12.2. The van der Waals surface area contributed by atoms with Crippen LogP contribution in [0.4, 0.5) is 4.39 Å². The average Bonchev–Trinajstić information content (AvgIpc) is 2.92. The molecular formula is C18H27FN2O4S. The maximum atomic E-state index is 13.1. The van der Waals surface area contributed by atoms with Crippen molar-refractivity contribution >= 4 is 16.1 Å². The fraction of sp³-hybridized carbons (Fsp3) is 0.611. The van der Waals surface area contributed by atoms with Crippen LogP contribution in [0.3, 0.4) is 0 Å². The Hall–Kier alpha value is -1.51. The van der Waals surface area contributed by atoms with Crippen molar-refractivity contribution in [2.45, 2.75) is 44.6 Å². The van der Waals surface area contributed by atoms with Crippen molar-refractivity contribution in [1.29, 1.82) is 0 Å². The van der Waals surface area contributed by atoms with Crippen molar-refractivity contribution in [2.24, 2.45) is 5.92 Å². The molecule has 1 unspecified atom stereocenters. The normalized spacial score (nSPS) is 21.6. The van der Waals surface area contributed by atoms with Crippen LogP contribution in [0.15, 0.2) is 24.3 Å². The Morgan fingerprint density at radius 2 is 1.73 bits per heavy atom. The third kappa shape index (κ3) is 5.49. The summed E-state index contributed by atoms with van der Waals surface area (Å²) in [6.07, 6.45) is 7.97. The number of hydrogen-bond donors (Lipinski definition) is 0. The van der Waals surface area contributed by atoms with E-state index >= 15 is 0 Å². The minimum absolute atomic E-state index is 0.160. The lowest BCUT2D eigenvalue weighted by atomic mass is 9.82. The van der Waals surface area contributed by atoms with Crippen molar-refractivity contribution < 1.29 is 26.2 Å². The molecule has 2 aliphatic rings. The van der Waals surface area contributed by atoms with Gasteiger partial charge in [0.15, 0.2) is 7.05 Å². The van der Waals surface area contributed by atoms with Crippen LogP contribution in [-0.2, 0) is 14.6 Å². The molecule has 1 atom stereocenters. The molecule has 1 aliphatic heterocycles.